The van der Waals surface area contributed by atoms with E-state index in [0.29, 0.717) is 37.3 Å². The molecule has 2 heterocycles. The fourth-order valence-corrected chi connectivity index (χ4v) is 3.06. The molecule has 1 fully saturated rings. The number of benzene rings is 1. The van der Waals surface area contributed by atoms with Gasteiger partial charge in [0.15, 0.2) is 0 Å². The molecule has 0 unspecified atom stereocenters. The van der Waals surface area contributed by atoms with Crippen molar-refractivity contribution in [3.05, 3.63) is 46.5 Å². The van der Waals surface area contributed by atoms with Crippen LogP contribution in [0.25, 0.3) is 0 Å². The molecule has 1 aromatic carbocycles. The zero-order chi connectivity index (χ0) is 16.6. The summed E-state index contributed by atoms with van der Waals surface area (Å²) in [6, 6.07) is 5.17. The molecule has 0 spiro atoms. The lowest BCUT2D eigenvalue weighted by molar-refractivity contribution is 0.0407. The van der Waals surface area contributed by atoms with Crippen molar-refractivity contribution >= 4 is 11.6 Å². The molecule has 3 rings (SSSR count). The van der Waals surface area contributed by atoms with Gasteiger partial charge in [-0.3, -0.25) is 4.90 Å². The average molecular weight is 339 g/mol. The van der Waals surface area contributed by atoms with E-state index < -0.39 is 11.4 Å². The van der Waals surface area contributed by atoms with Crippen LogP contribution in [0.4, 0.5) is 4.39 Å². The van der Waals surface area contributed by atoms with E-state index in [1.165, 1.54) is 6.07 Å². The van der Waals surface area contributed by atoms with E-state index in [1.807, 2.05) is 18.7 Å². The molecule has 0 saturated carbocycles. The minimum Gasteiger partial charge on any atom is -0.382 e. The lowest BCUT2D eigenvalue weighted by Crippen LogP contribution is -2.31. The average Bonchev–Trinajstić information content (AvgIpc) is 3.12. The van der Waals surface area contributed by atoms with Crippen LogP contribution >= 0.6 is 11.6 Å². The van der Waals surface area contributed by atoms with Crippen molar-refractivity contribution < 1.29 is 9.50 Å². The highest BCUT2D eigenvalue weighted by molar-refractivity contribution is 6.30. The molecule has 7 heteroatoms. The van der Waals surface area contributed by atoms with Crippen LogP contribution in [0.3, 0.4) is 0 Å². The van der Waals surface area contributed by atoms with Gasteiger partial charge in [-0.05, 0) is 26.3 Å². The first-order valence-corrected chi connectivity index (χ1v) is 8.07. The Balaban J connectivity index is 1.73. The van der Waals surface area contributed by atoms with E-state index in [4.69, 9.17) is 11.6 Å². The highest BCUT2D eigenvalue weighted by Crippen LogP contribution is 2.32. The highest BCUT2D eigenvalue weighted by atomic mass is 35.5. The van der Waals surface area contributed by atoms with E-state index in [9.17, 15) is 9.50 Å². The Kier molecular flexibility index (Phi) is 4.40. The van der Waals surface area contributed by atoms with Crippen LogP contribution in [0.1, 0.15) is 37.6 Å². The van der Waals surface area contributed by atoms with Crippen molar-refractivity contribution in [2.45, 2.75) is 38.5 Å². The minimum atomic E-state index is -1.04. The summed E-state index contributed by atoms with van der Waals surface area (Å²) in [4.78, 5) is 2.00. The van der Waals surface area contributed by atoms with Gasteiger partial charge in [-0.25, -0.2) is 9.07 Å². The fourth-order valence-electron chi connectivity index (χ4n) is 2.87. The van der Waals surface area contributed by atoms with E-state index in [-0.39, 0.29) is 11.1 Å². The number of aromatic nitrogens is 3. The van der Waals surface area contributed by atoms with Crippen LogP contribution in [0.15, 0.2) is 24.4 Å². The second-order valence-electron chi connectivity index (χ2n) is 6.38. The third kappa shape index (κ3) is 3.24. The summed E-state index contributed by atoms with van der Waals surface area (Å²) in [5.74, 6) is -0.393. The SMILES string of the molecule is CC(C)n1cc([C@]2(O)CCN(Cc3cccc(Cl)c3F)C2)nn1. The number of hydrogen-bond donors (Lipinski definition) is 1. The first-order chi connectivity index (χ1) is 10.9. The van der Waals surface area contributed by atoms with Crippen molar-refractivity contribution in [2.75, 3.05) is 13.1 Å². The van der Waals surface area contributed by atoms with Gasteiger partial charge >= 0.3 is 0 Å². The first kappa shape index (κ1) is 16.4. The largest absolute Gasteiger partial charge is 0.382 e. The molecule has 1 aliphatic rings. The van der Waals surface area contributed by atoms with Gasteiger partial charge in [0.1, 0.15) is 17.1 Å². The molecule has 0 radical (unpaired) electrons. The molecule has 1 atom stereocenters. The topological polar surface area (TPSA) is 54.2 Å². The van der Waals surface area contributed by atoms with Crippen LogP contribution in [-0.4, -0.2) is 38.1 Å². The van der Waals surface area contributed by atoms with Crippen LogP contribution in [0, 0.1) is 5.82 Å². The van der Waals surface area contributed by atoms with Gasteiger partial charge in [-0.2, -0.15) is 0 Å². The number of nitrogens with zero attached hydrogens (tertiary/aromatic N) is 4. The Morgan fingerprint density at radius 2 is 2.22 bits per heavy atom. The maximum absolute atomic E-state index is 14.0. The number of rotatable bonds is 4. The standard InChI is InChI=1S/C16H20ClFN4O/c1-11(2)22-9-14(19-20-22)16(23)6-7-21(10-16)8-12-4-3-5-13(17)15(12)18/h3-5,9,11,23H,6-8,10H2,1-2H3/t16-/m0/s1. The third-order valence-electron chi connectivity index (χ3n) is 4.27. The summed E-state index contributed by atoms with van der Waals surface area (Å²) >= 11 is 5.82. The molecular weight excluding hydrogens is 319 g/mol. The van der Waals surface area contributed by atoms with Gasteiger partial charge in [0, 0.05) is 31.2 Å². The molecule has 124 valence electrons. The Morgan fingerprint density at radius 1 is 1.43 bits per heavy atom. The first-order valence-electron chi connectivity index (χ1n) is 7.69. The fraction of sp³-hybridized carbons (Fsp3) is 0.500. The maximum atomic E-state index is 14.0. The van der Waals surface area contributed by atoms with Gasteiger partial charge in [0.2, 0.25) is 0 Å². The van der Waals surface area contributed by atoms with Crippen molar-refractivity contribution in [1.82, 2.24) is 19.9 Å². The number of halogens is 2. The Bertz CT molecular complexity index is 705. The highest BCUT2D eigenvalue weighted by Gasteiger charge is 2.40. The third-order valence-corrected chi connectivity index (χ3v) is 4.56. The molecule has 2 aromatic rings. The summed E-state index contributed by atoms with van der Waals surface area (Å²) in [6.45, 7) is 5.48. The van der Waals surface area contributed by atoms with Crippen molar-refractivity contribution in [1.29, 1.82) is 0 Å². The summed E-state index contributed by atoms with van der Waals surface area (Å²) in [5, 5.41) is 19.1. The van der Waals surface area contributed by atoms with E-state index in [1.54, 1.807) is 23.0 Å². The molecule has 23 heavy (non-hydrogen) atoms. The summed E-state index contributed by atoms with van der Waals surface area (Å²) < 4.78 is 15.7. The van der Waals surface area contributed by atoms with Crippen molar-refractivity contribution in [2.24, 2.45) is 0 Å². The zero-order valence-electron chi connectivity index (χ0n) is 13.2. The maximum Gasteiger partial charge on any atom is 0.146 e. The Labute approximate surface area is 139 Å². The van der Waals surface area contributed by atoms with Crippen molar-refractivity contribution in [3.63, 3.8) is 0 Å². The van der Waals surface area contributed by atoms with E-state index in [0.717, 1.165) is 0 Å². The molecule has 0 bridgehead atoms. The quantitative estimate of drug-likeness (QED) is 0.931. The number of likely N-dealkylation sites (tertiary alicyclic amines) is 1. The van der Waals surface area contributed by atoms with Gasteiger partial charge in [0.05, 0.1) is 11.2 Å². The molecule has 1 N–H and O–H groups in total. The molecule has 1 saturated heterocycles. The van der Waals surface area contributed by atoms with Gasteiger partial charge in [0.25, 0.3) is 0 Å². The predicted octanol–water partition coefficient (Wildman–Crippen LogP) is 2.75. The normalized spacial score (nSPS) is 22.2. The molecule has 0 amide bonds. The summed E-state index contributed by atoms with van der Waals surface area (Å²) in [5.41, 5.74) is 0.0650. The minimum absolute atomic E-state index is 0.122. The molecule has 0 aliphatic carbocycles. The molecular formula is C16H20ClFN4O. The smallest absolute Gasteiger partial charge is 0.146 e. The Morgan fingerprint density at radius 3 is 2.91 bits per heavy atom. The van der Waals surface area contributed by atoms with Crippen LogP contribution in [0.5, 0.6) is 0 Å². The Hall–Kier alpha value is -1.50. The predicted molar refractivity (Wildman–Crippen MR) is 85.6 cm³/mol. The number of hydrogen-bond acceptors (Lipinski definition) is 4. The second-order valence-corrected chi connectivity index (χ2v) is 6.79. The monoisotopic (exact) mass is 338 g/mol. The van der Waals surface area contributed by atoms with Crippen LogP contribution < -0.4 is 0 Å². The number of aliphatic hydroxyl groups is 1. The molecule has 5 nitrogen and oxygen atoms in total. The lowest BCUT2D eigenvalue weighted by atomic mass is 10.00. The number of β-amino-alcohol motifs (C(OH)–C–C–N with tert-alkyl or cyclic N) is 1. The molecule has 1 aliphatic heterocycles. The summed E-state index contributed by atoms with van der Waals surface area (Å²) in [7, 11) is 0. The van der Waals surface area contributed by atoms with Gasteiger partial charge in [-0.15, -0.1) is 5.10 Å². The lowest BCUT2D eigenvalue weighted by Gasteiger charge is -2.21. The van der Waals surface area contributed by atoms with Crippen LogP contribution in [-0.2, 0) is 12.1 Å². The van der Waals surface area contributed by atoms with E-state index >= 15 is 0 Å². The van der Waals surface area contributed by atoms with Gasteiger partial charge in [-0.1, -0.05) is 28.9 Å². The zero-order valence-corrected chi connectivity index (χ0v) is 14.0. The van der Waals surface area contributed by atoms with Crippen LogP contribution in [0.2, 0.25) is 5.02 Å². The second kappa shape index (κ2) is 6.19. The molecule has 1 aromatic heterocycles. The van der Waals surface area contributed by atoms with Gasteiger partial charge < -0.3 is 5.11 Å². The van der Waals surface area contributed by atoms with E-state index in [2.05, 4.69) is 10.3 Å². The van der Waals surface area contributed by atoms with Crippen molar-refractivity contribution in [3.8, 4) is 0 Å². The summed E-state index contributed by atoms with van der Waals surface area (Å²) in [6.07, 6.45) is 2.33.